The van der Waals surface area contributed by atoms with E-state index in [4.69, 9.17) is 0 Å². The van der Waals surface area contributed by atoms with Crippen molar-refractivity contribution in [2.45, 2.75) is 38.5 Å². The number of rotatable bonds is 20. The fourth-order valence-corrected chi connectivity index (χ4v) is 9.14. The highest BCUT2D eigenvalue weighted by Crippen LogP contribution is 2.36. The summed E-state index contributed by atoms with van der Waals surface area (Å²) in [6.07, 6.45) is 21.3. The molecule has 1 heteroatoms. The lowest BCUT2D eigenvalue weighted by Crippen LogP contribution is -2.09. The van der Waals surface area contributed by atoms with E-state index in [9.17, 15) is 0 Å². The molecule has 9 aromatic rings. The molecule has 0 aliphatic carbocycles. The first-order chi connectivity index (χ1) is 35.1. The topological polar surface area (TPSA) is 3.24 Å². The molecule has 0 saturated carbocycles. The van der Waals surface area contributed by atoms with Crippen LogP contribution in [0.2, 0.25) is 0 Å². The molecule has 0 aromatic heterocycles. The quantitative estimate of drug-likeness (QED) is 0.0689. The van der Waals surface area contributed by atoms with Crippen molar-refractivity contribution in [3.05, 3.63) is 346 Å². The van der Waals surface area contributed by atoms with E-state index in [1.54, 1.807) is 0 Å². The number of nitrogens with zero attached hydrogens (tertiary/aromatic N) is 1. The van der Waals surface area contributed by atoms with Gasteiger partial charge in [-0.2, -0.15) is 0 Å². The zero-order valence-electron chi connectivity index (χ0n) is 40.5. The maximum Gasteiger partial charge on any atom is 0.0462 e. The molecule has 0 bridgehead atoms. The molecule has 346 valence electrons. The molecule has 0 saturated heterocycles. The third-order valence-electron chi connectivity index (χ3n) is 12.7. The predicted molar refractivity (Wildman–Crippen MR) is 304 cm³/mol. The van der Waals surface area contributed by atoms with Gasteiger partial charge in [0.25, 0.3) is 0 Å². The summed E-state index contributed by atoms with van der Waals surface area (Å²) in [5, 5.41) is 0. The highest BCUT2D eigenvalue weighted by molar-refractivity contribution is 5.78. The van der Waals surface area contributed by atoms with E-state index >= 15 is 0 Å². The number of anilines is 3. The van der Waals surface area contributed by atoms with E-state index in [0.29, 0.717) is 0 Å². The van der Waals surface area contributed by atoms with Crippen molar-refractivity contribution < 1.29 is 0 Å². The molecule has 0 unspecified atom stereocenters. The van der Waals surface area contributed by atoms with Gasteiger partial charge in [-0.3, -0.25) is 0 Å². The monoisotopic (exact) mass is 915 g/mol. The normalized spacial score (nSPS) is 11.0. The van der Waals surface area contributed by atoms with Crippen LogP contribution in [0.1, 0.15) is 50.1 Å². The fourth-order valence-electron chi connectivity index (χ4n) is 9.14. The van der Waals surface area contributed by atoms with Crippen LogP contribution in [0.4, 0.5) is 17.1 Å². The summed E-state index contributed by atoms with van der Waals surface area (Å²) in [5.74, 6) is 0. The Hall–Kier alpha value is -8.52. The van der Waals surface area contributed by atoms with Gasteiger partial charge in [0.2, 0.25) is 0 Å². The molecule has 1 nitrogen and oxygen atoms in total. The van der Waals surface area contributed by atoms with Gasteiger partial charge in [-0.1, -0.05) is 278 Å². The molecule has 0 spiro atoms. The molecule has 9 rings (SSSR count). The first-order valence-corrected chi connectivity index (χ1v) is 24.9. The van der Waals surface area contributed by atoms with Crippen molar-refractivity contribution in [1.29, 1.82) is 0 Å². The molecule has 71 heavy (non-hydrogen) atoms. The van der Waals surface area contributed by atoms with Gasteiger partial charge in [-0.25, -0.2) is 0 Å². The average molecular weight is 916 g/mol. The van der Waals surface area contributed by atoms with E-state index in [2.05, 4.69) is 302 Å². The van der Waals surface area contributed by atoms with Gasteiger partial charge in [0.1, 0.15) is 0 Å². The lowest BCUT2D eigenvalue weighted by Gasteiger charge is -2.26. The standard InChI is InChI=1S/C70H61N/c1-7-21-58(22-8-1)49-65(50-59-23-9-2-10-24-59)35-19-33-56-37-43-68(44-38-56)71(70-47-41-64(42-48-70)55-67(53-62-29-15-5-16-30-62)54-63-31-17-6-18-32-63)69-45-39-57(40-46-69)34-20-36-66(51-60-25-11-3-12-26-60)52-61-27-13-4-14-28-61/h1-48,55H,49-54H2. The van der Waals surface area contributed by atoms with Gasteiger partial charge in [-0.15, -0.1) is 0 Å². The minimum atomic E-state index is 0.902. The first kappa shape index (κ1) is 47.5. The summed E-state index contributed by atoms with van der Waals surface area (Å²) in [4.78, 5) is 2.36. The van der Waals surface area contributed by atoms with Crippen molar-refractivity contribution >= 4 is 35.3 Å². The van der Waals surface area contributed by atoms with Gasteiger partial charge in [0.15, 0.2) is 0 Å². The maximum atomic E-state index is 2.37. The van der Waals surface area contributed by atoms with E-state index < -0.39 is 0 Å². The van der Waals surface area contributed by atoms with E-state index in [1.165, 1.54) is 55.7 Å². The van der Waals surface area contributed by atoms with Crippen LogP contribution in [0, 0.1) is 0 Å². The van der Waals surface area contributed by atoms with Gasteiger partial charge >= 0.3 is 0 Å². The van der Waals surface area contributed by atoms with Crippen molar-refractivity contribution in [2.24, 2.45) is 0 Å². The number of hydrogen-bond donors (Lipinski definition) is 0. The Morgan fingerprint density at radius 2 is 0.493 bits per heavy atom. The molecule has 0 heterocycles. The second-order valence-corrected chi connectivity index (χ2v) is 18.3. The molecule has 0 N–H and O–H groups in total. The van der Waals surface area contributed by atoms with E-state index in [1.807, 2.05) is 0 Å². The third kappa shape index (κ3) is 14.7. The van der Waals surface area contributed by atoms with Crippen LogP contribution >= 0.6 is 0 Å². The van der Waals surface area contributed by atoms with Crippen molar-refractivity contribution in [3.8, 4) is 0 Å². The first-order valence-electron chi connectivity index (χ1n) is 24.9. The molecule has 0 fully saturated rings. The summed E-state index contributed by atoms with van der Waals surface area (Å²) in [7, 11) is 0. The minimum Gasteiger partial charge on any atom is -0.311 e. The van der Waals surface area contributed by atoms with Crippen LogP contribution in [0.5, 0.6) is 0 Å². The summed E-state index contributed by atoms with van der Waals surface area (Å²) in [5.41, 5.74) is 18.9. The Balaban J connectivity index is 0.991. The van der Waals surface area contributed by atoms with Crippen LogP contribution in [-0.2, 0) is 38.5 Å². The lowest BCUT2D eigenvalue weighted by molar-refractivity contribution is 1.03. The second kappa shape index (κ2) is 25.2. The van der Waals surface area contributed by atoms with E-state index in [0.717, 1.165) is 66.7 Å². The number of benzene rings is 9. The SMILES string of the molecule is C(=Cc1ccc(N(c2ccc(C=CC=C(Cc3ccccc3)Cc3ccccc3)cc2)c2ccc(C=C(Cc3ccccc3)Cc3ccccc3)cc2)cc1)C=C(Cc1ccccc1)Cc1ccccc1. The molecule has 9 aromatic carbocycles. The fraction of sp³-hybridized carbons (Fsp3) is 0.0857. The molecular weight excluding hydrogens is 855 g/mol. The van der Waals surface area contributed by atoms with Gasteiger partial charge in [0.05, 0.1) is 0 Å². The summed E-state index contributed by atoms with van der Waals surface area (Å²) < 4.78 is 0. The van der Waals surface area contributed by atoms with Crippen molar-refractivity contribution in [3.63, 3.8) is 0 Å². The Morgan fingerprint density at radius 1 is 0.254 bits per heavy atom. The highest BCUT2D eigenvalue weighted by atomic mass is 15.1. The van der Waals surface area contributed by atoms with Crippen LogP contribution in [-0.4, -0.2) is 0 Å². The lowest BCUT2D eigenvalue weighted by atomic mass is 9.96. The highest BCUT2D eigenvalue weighted by Gasteiger charge is 2.13. The summed E-state index contributed by atoms with van der Waals surface area (Å²) in [6, 6.07) is 91.5. The largest absolute Gasteiger partial charge is 0.311 e. The number of allylic oxidation sites excluding steroid dienone is 7. The van der Waals surface area contributed by atoms with E-state index in [-0.39, 0.29) is 0 Å². The second-order valence-electron chi connectivity index (χ2n) is 18.3. The van der Waals surface area contributed by atoms with Crippen LogP contribution < -0.4 is 4.90 Å². The van der Waals surface area contributed by atoms with Crippen LogP contribution in [0.15, 0.2) is 296 Å². The van der Waals surface area contributed by atoms with Crippen LogP contribution in [0.3, 0.4) is 0 Å². The minimum absolute atomic E-state index is 0.902. The van der Waals surface area contributed by atoms with Crippen molar-refractivity contribution in [1.82, 2.24) is 0 Å². The molecular formula is C70H61N. The average Bonchev–Trinajstić information content (AvgIpc) is 3.42. The molecule has 0 amide bonds. The molecule has 0 aliphatic heterocycles. The third-order valence-corrected chi connectivity index (χ3v) is 12.7. The van der Waals surface area contributed by atoms with Gasteiger partial charge in [0, 0.05) is 17.1 Å². The molecule has 0 aliphatic rings. The Kier molecular flexibility index (Phi) is 16.9. The zero-order valence-corrected chi connectivity index (χ0v) is 40.5. The Labute approximate surface area is 422 Å². The smallest absolute Gasteiger partial charge is 0.0462 e. The Morgan fingerprint density at radius 3 is 0.761 bits per heavy atom. The van der Waals surface area contributed by atoms with Crippen LogP contribution in [0.25, 0.3) is 18.2 Å². The van der Waals surface area contributed by atoms with Gasteiger partial charge < -0.3 is 4.90 Å². The maximum absolute atomic E-state index is 2.37. The number of hydrogen-bond acceptors (Lipinski definition) is 1. The van der Waals surface area contributed by atoms with Gasteiger partial charge in [-0.05, 0) is 125 Å². The Bertz CT molecular complexity index is 2870. The molecule has 0 atom stereocenters. The molecule has 0 radical (unpaired) electrons. The van der Waals surface area contributed by atoms with Crippen molar-refractivity contribution in [2.75, 3.05) is 4.90 Å². The zero-order chi connectivity index (χ0) is 48.1. The predicted octanol–water partition coefficient (Wildman–Crippen LogP) is 17.9. The summed E-state index contributed by atoms with van der Waals surface area (Å²) >= 11 is 0. The summed E-state index contributed by atoms with van der Waals surface area (Å²) in [6.45, 7) is 0.